The second-order valence-electron chi connectivity index (χ2n) is 8.40. The van der Waals surface area contributed by atoms with Gasteiger partial charge in [0.2, 0.25) is 5.91 Å². The lowest BCUT2D eigenvalue weighted by molar-refractivity contribution is -0.119. The molecule has 1 saturated heterocycles. The summed E-state index contributed by atoms with van der Waals surface area (Å²) >= 11 is 11.8. The van der Waals surface area contributed by atoms with Crippen LogP contribution in [-0.4, -0.2) is 58.3 Å². The molecule has 0 aliphatic carbocycles. The van der Waals surface area contributed by atoms with E-state index in [9.17, 15) is 28.7 Å². The summed E-state index contributed by atoms with van der Waals surface area (Å²) in [5.74, 6) is -3.01. The van der Waals surface area contributed by atoms with Crippen molar-refractivity contribution in [2.75, 3.05) is 24.3 Å². The molecule has 0 saturated carbocycles. The van der Waals surface area contributed by atoms with Gasteiger partial charge in [-0.2, -0.15) is 0 Å². The van der Waals surface area contributed by atoms with E-state index in [1.807, 2.05) is 0 Å². The van der Waals surface area contributed by atoms with Gasteiger partial charge in [0.05, 0.1) is 22.5 Å². The van der Waals surface area contributed by atoms with Crippen LogP contribution in [0, 0.1) is 5.82 Å². The maximum atomic E-state index is 15.0. The van der Waals surface area contributed by atoms with Gasteiger partial charge in [-0.15, -0.1) is 0 Å². The first-order valence-electron chi connectivity index (χ1n) is 11.2. The number of methoxy groups -OCH3 is 1. The van der Waals surface area contributed by atoms with Gasteiger partial charge in [0, 0.05) is 43.0 Å². The lowest BCUT2D eigenvalue weighted by atomic mass is 10.1. The molecule has 38 heavy (non-hydrogen) atoms. The van der Waals surface area contributed by atoms with Crippen molar-refractivity contribution in [3.8, 4) is 5.69 Å². The number of benzene rings is 2. The van der Waals surface area contributed by atoms with Crippen molar-refractivity contribution in [1.29, 1.82) is 0 Å². The minimum absolute atomic E-state index is 0.000203. The zero-order valence-corrected chi connectivity index (χ0v) is 21.3. The monoisotopic (exact) mass is 562 g/mol. The van der Waals surface area contributed by atoms with Gasteiger partial charge in [-0.05, 0) is 42.5 Å². The van der Waals surface area contributed by atoms with E-state index in [1.54, 1.807) is 24.3 Å². The number of carboxylic acids is 1. The first kappa shape index (κ1) is 27.1. The fourth-order valence-corrected chi connectivity index (χ4v) is 4.37. The Labute approximate surface area is 225 Å². The molecule has 2 heterocycles. The lowest BCUT2D eigenvalue weighted by Gasteiger charge is -2.24. The van der Waals surface area contributed by atoms with Crippen molar-refractivity contribution in [1.82, 2.24) is 9.47 Å². The van der Waals surface area contributed by atoms with Crippen molar-refractivity contribution in [3.63, 3.8) is 0 Å². The summed E-state index contributed by atoms with van der Waals surface area (Å²) in [6.45, 7) is 0.138. The highest BCUT2D eigenvalue weighted by Crippen LogP contribution is 2.25. The molecule has 0 spiro atoms. The van der Waals surface area contributed by atoms with Gasteiger partial charge in [-0.1, -0.05) is 23.2 Å². The molecule has 3 amide bonds. The van der Waals surface area contributed by atoms with E-state index >= 15 is 0 Å². The predicted octanol–water partition coefficient (Wildman–Crippen LogP) is 4.24. The molecule has 1 aliphatic rings. The Morgan fingerprint density at radius 3 is 2.39 bits per heavy atom. The third-order valence-corrected chi connectivity index (χ3v) is 6.42. The van der Waals surface area contributed by atoms with Crippen LogP contribution in [0.1, 0.15) is 16.8 Å². The fourth-order valence-electron chi connectivity index (χ4n) is 4.03. The van der Waals surface area contributed by atoms with Gasteiger partial charge in [0.25, 0.3) is 5.56 Å². The van der Waals surface area contributed by atoms with Crippen molar-refractivity contribution in [2.45, 2.75) is 18.6 Å². The number of nitrogens with one attached hydrogen (secondary N) is 2. The van der Waals surface area contributed by atoms with Gasteiger partial charge in [-0.3, -0.25) is 14.2 Å². The molecule has 198 valence electrons. The average molecular weight is 563 g/mol. The van der Waals surface area contributed by atoms with Crippen LogP contribution in [-0.2, 0) is 9.53 Å². The predicted molar refractivity (Wildman–Crippen MR) is 139 cm³/mol. The number of amides is 3. The van der Waals surface area contributed by atoms with Crippen LogP contribution in [0.3, 0.4) is 0 Å². The Bertz CT molecular complexity index is 1460. The summed E-state index contributed by atoms with van der Waals surface area (Å²) in [5, 5.41) is 14.8. The zero-order chi connectivity index (χ0) is 27.6. The van der Waals surface area contributed by atoms with Gasteiger partial charge >= 0.3 is 12.0 Å². The molecule has 0 radical (unpaired) electrons. The van der Waals surface area contributed by atoms with Gasteiger partial charge in [0.1, 0.15) is 17.4 Å². The lowest BCUT2D eigenvalue weighted by Crippen LogP contribution is -2.45. The number of hydrogen-bond donors (Lipinski definition) is 3. The summed E-state index contributed by atoms with van der Waals surface area (Å²) in [6, 6.07) is 9.43. The number of anilines is 2. The number of carbonyl (C=O) groups is 3. The number of hydrogen-bond acceptors (Lipinski definition) is 5. The number of nitrogens with zero attached hydrogens (tertiary/aromatic N) is 2. The molecule has 10 nitrogen and oxygen atoms in total. The largest absolute Gasteiger partial charge is 0.477 e. The van der Waals surface area contributed by atoms with Crippen LogP contribution in [0.5, 0.6) is 0 Å². The number of ether oxygens (including phenoxy) is 1. The maximum Gasteiger partial charge on any atom is 0.341 e. The standard InChI is InChI=1S/C25H21Cl2FN4O6/c1-38-17-10-21(32(12-17)25(37)29-15-4-2-13(26)3-5-15)22(33)30-20-7-6-16(9-19(20)28)31-11-14(27)8-18(23(31)34)24(35)36/h2-9,11,17,21H,10,12H2,1H3,(H,29,37)(H,30,33)(H,35,36). The van der Waals surface area contributed by atoms with Gasteiger partial charge < -0.3 is 25.4 Å². The van der Waals surface area contributed by atoms with Crippen molar-refractivity contribution in [2.24, 2.45) is 0 Å². The number of halogens is 3. The highest BCUT2D eigenvalue weighted by molar-refractivity contribution is 6.31. The Balaban J connectivity index is 1.54. The molecule has 13 heteroatoms. The van der Waals surface area contributed by atoms with Crippen molar-refractivity contribution in [3.05, 3.63) is 86.5 Å². The first-order valence-corrected chi connectivity index (χ1v) is 11.9. The molecule has 0 bridgehead atoms. The SMILES string of the molecule is COC1CC(C(=O)Nc2ccc(-n3cc(Cl)cc(C(=O)O)c3=O)cc2F)N(C(=O)Nc2ccc(Cl)cc2)C1. The number of aromatic nitrogens is 1. The molecule has 1 fully saturated rings. The number of aromatic carboxylic acids is 1. The Morgan fingerprint density at radius 1 is 1.05 bits per heavy atom. The third kappa shape index (κ3) is 5.80. The van der Waals surface area contributed by atoms with E-state index in [4.69, 9.17) is 27.9 Å². The maximum absolute atomic E-state index is 15.0. The number of carboxylic acid groups (broad SMARTS) is 1. The quantitative estimate of drug-likeness (QED) is 0.412. The van der Waals surface area contributed by atoms with Crippen LogP contribution in [0.2, 0.25) is 10.0 Å². The molecule has 2 unspecified atom stereocenters. The zero-order valence-electron chi connectivity index (χ0n) is 19.8. The highest BCUT2D eigenvalue weighted by atomic mass is 35.5. The van der Waals surface area contributed by atoms with E-state index in [-0.39, 0.29) is 29.4 Å². The summed E-state index contributed by atoms with van der Waals surface area (Å²) in [4.78, 5) is 51.1. The van der Waals surface area contributed by atoms with Crippen LogP contribution in [0.15, 0.2) is 59.5 Å². The number of rotatable bonds is 6. The molecule has 1 aromatic heterocycles. The van der Waals surface area contributed by atoms with Crippen molar-refractivity contribution < 1.29 is 28.6 Å². The normalized spacial score (nSPS) is 16.8. The molecule has 1 aliphatic heterocycles. The first-order chi connectivity index (χ1) is 18.1. The smallest absolute Gasteiger partial charge is 0.341 e. The minimum Gasteiger partial charge on any atom is -0.477 e. The van der Waals surface area contributed by atoms with E-state index < -0.39 is 47.0 Å². The van der Waals surface area contributed by atoms with E-state index in [0.717, 1.165) is 22.9 Å². The molecular formula is C25H21Cl2FN4O6. The average Bonchev–Trinajstić information content (AvgIpc) is 3.33. The summed E-state index contributed by atoms with van der Waals surface area (Å²) in [6.07, 6.45) is 0.933. The molecule has 3 aromatic rings. The number of likely N-dealkylation sites (tertiary alicyclic amines) is 1. The second-order valence-corrected chi connectivity index (χ2v) is 9.28. The summed E-state index contributed by atoms with van der Waals surface area (Å²) in [7, 11) is 1.46. The molecule has 3 N–H and O–H groups in total. The summed E-state index contributed by atoms with van der Waals surface area (Å²) < 4.78 is 21.2. The van der Waals surface area contributed by atoms with Crippen LogP contribution in [0.25, 0.3) is 5.69 Å². The number of carbonyl (C=O) groups excluding carboxylic acids is 2. The van der Waals surface area contributed by atoms with Gasteiger partial charge in [-0.25, -0.2) is 14.0 Å². The second kappa shape index (κ2) is 11.2. The van der Waals surface area contributed by atoms with E-state index in [1.165, 1.54) is 24.1 Å². The number of pyridine rings is 1. The Kier molecular flexibility index (Phi) is 8.00. The summed E-state index contributed by atoms with van der Waals surface area (Å²) in [5.41, 5.74) is -1.22. The third-order valence-electron chi connectivity index (χ3n) is 5.96. The minimum atomic E-state index is -1.48. The topological polar surface area (TPSA) is 130 Å². The van der Waals surface area contributed by atoms with Crippen LogP contribution < -0.4 is 16.2 Å². The van der Waals surface area contributed by atoms with Crippen molar-refractivity contribution >= 4 is 52.5 Å². The van der Waals surface area contributed by atoms with Crippen LogP contribution >= 0.6 is 23.2 Å². The molecular weight excluding hydrogens is 542 g/mol. The number of urea groups is 1. The van der Waals surface area contributed by atoms with E-state index in [2.05, 4.69) is 10.6 Å². The Morgan fingerprint density at radius 2 is 1.76 bits per heavy atom. The Hall–Kier alpha value is -3.93. The molecule has 2 atom stereocenters. The highest BCUT2D eigenvalue weighted by Gasteiger charge is 2.40. The van der Waals surface area contributed by atoms with Gasteiger partial charge in [0.15, 0.2) is 0 Å². The fraction of sp³-hybridized carbons (Fsp3) is 0.200. The molecule has 4 rings (SSSR count). The molecule has 2 aromatic carbocycles. The van der Waals surface area contributed by atoms with E-state index in [0.29, 0.717) is 10.7 Å². The van der Waals surface area contributed by atoms with Crippen LogP contribution in [0.4, 0.5) is 20.6 Å².